The SMILES string of the molecule is CC1CC(C)(C)CC1Nc1ccc(OC(F)F)c(Cl)c1. The Hall–Kier alpha value is -1.03. The molecule has 112 valence electrons. The Bertz CT molecular complexity index is 479. The van der Waals surface area contributed by atoms with Gasteiger partial charge in [0.1, 0.15) is 5.75 Å². The van der Waals surface area contributed by atoms with Crippen LogP contribution in [0, 0.1) is 11.3 Å². The summed E-state index contributed by atoms with van der Waals surface area (Å²) in [5, 5.41) is 3.63. The van der Waals surface area contributed by atoms with Gasteiger partial charge in [0.05, 0.1) is 5.02 Å². The van der Waals surface area contributed by atoms with Crippen molar-refractivity contribution in [2.45, 2.75) is 46.3 Å². The largest absolute Gasteiger partial charge is 0.433 e. The summed E-state index contributed by atoms with van der Waals surface area (Å²) in [4.78, 5) is 0. The molecule has 0 amide bonds. The summed E-state index contributed by atoms with van der Waals surface area (Å²) in [6, 6.07) is 5.21. The van der Waals surface area contributed by atoms with Gasteiger partial charge in [-0.3, -0.25) is 0 Å². The Balaban J connectivity index is 2.06. The van der Waals surface area contributed by atoms with Crippen molar-refractivity contribution in [3.8, 4) is 5.75 Å². The van der Waals surface area contributed by atoms with Gasteiger partial charge in [0, 0.05) is 11.7 Å². The monoisotopic (exact) mass is 303 g/mol. The molecule has 1 aliphatic rings. The molecule has 2 unspecified atom stereocenters. The minimum atomic E-state index is -2.86. The maximum atomic E-state index is 12.2. The quantitative estimate of drug-likeness (QED) is 0.827. The molecule has 1 saturated carbocycles. The van der Waals surface area contributed by atoms with Crippen LogP contribution < -0.4 is 10.1 Å². The molecule has 20 heavy (non-hydrogen) atoms. The fraction of sp³-hybridized carbons (Fsp3) is 0.600. The van der Waals surface area contributed by atoms with Gasteiger partial charge < -0.3 is 10.1 Å². The zero-order valence-electron chi connectivity index (χ0n) is 11.9. The second-order valence-electron chi connectivity index (χ2n) is 6.32. The van der Waals surface area contributed by atoms with Crippen LogP contribution in [0.1, 0.15) is 33.6 Å². The first-order valence-electron chi connectivity index (χ1n) is 6.78. The Kier molecular flexibility index (Phi) is 4.43. The second-order valence-corrected chi connectivity index (χ2v) is 6.73. The molecule has 1 fully saturated rings. The third kappa shape index (κ3) is 3.75. The summed E-state index contributed by atoms with van der Waals surface area (Å²) in [5.74, 6) is 0.577. The van der Waals surface area contributed by atoms with Crippen LogP contribution in [0.2, 0.25) is 5.02 Å². The summed E-state index contributed by atoms with van der Waals surface area (Å²) in [6.45, 7) is 3.89. The van der Waals surface area contributed by atoms with E-state index in [1.54, 1.807) is 12.1 Å². The van der Waals surface area contributed by atoms with E-state index in [0.29, 0.717) is 17.4 Å². The van der Waals surface area contributed by atoms with Crippen LogP contribution in [0.25, 0.3) is 0 Å². The normalized spacial score (nSPS) is 24.9. The summed E-state index contributed by atoms with van der Waals surface area (Å²) < 4.78 is 28.7. The van der Waals surface area contributed by atoms with E-state index in [-0.39, 0.29) is 10.8 Å². The Labute approximate surface area is 123 Å². The number of alkyl halides is 2. The minimum Gasteiger partial charge on any atom is -0.433 e. The van der Waals surface area contributed by atoms with Gasteiger partial charge in [-0.2, -0.15) is 8.78 Å². The highest BCUT2D eigenvalue weighted by Crippen LogP contribution is 2.42. The highest BCUT2D eigenvalue weighted by molar-refractivity contribution is 6.32. The lowest BCUT2D eigenvalue weighted by Crippen LogP contribution is -2.22. The van der Waals surface area contributed by atoms with Crippen LogP contribution in [0.15, 0.2) is 18.2 Å². The minimum absolute atomic E-state index is 0.00650. The van der Waals surface area contributed by atoms with Crippen LogP contribution in [0.4, 0.5) is 14.5 Å². The predicted octanol–water partition coefficient (Wildman–Crippen LogP) is 5.18. The van der Waals surface area contributed by atoms with E-state index in [4.69, 9.17) is 11.6 Å². The lowest BCUT2D eigenvalue weighted by Gasteiger charge is -2.20. The van der Waals surface area contributed by atoms with Gasteiger partial charge in [0.2, 0.25) is 0 Å². The number of anilines is 1. The van der Waals surface area contributed by atoms with Crippen molar-refractivity contribution in [3.05, 3.63) is 23.2 Å². The van der Waals surface area contributed by atoms with Gasteiger partial charge in [-0.15, -0.1) is 0 Å². The smallest absolute Gasteiger partial charge is 0.387 e. The molecule has 5 heteroatoms. The lowest BCUT2D eigenvalue weighted by molar-refractivity contribution is -0.0497. The lowest BCUT2D eigenvalue weighted by atomic mass is 9.91. The number of benzene rings is 1. The van der Waals surface area contributed by atoms with E-state index in [9.17, 15) is 8.78 Å². The van der Waals surface area contributed by atoms with Gasteiger partial charge >= 0.3 is 6.61 Å². The molecular weight excluding hydrogens is 284 g/mol. The highest BCUT2D eigenvalue weighted by Gasteiger charge is 2.36. The van der Waals surface area contributed by atoms with Crippen LogP contribution in [-0.4, -0.2) is 12.7 Å². The van der Waals surface area contributed by atoms with Gasteiger partial charge in [0.25, 0.3) is 0 Å². The van der Waals surface area contributed by atoms with E-state index in [0.717, 1.165) is 12.1 Å². The molecule has 1 aromatic rings. The molecule has 0 aromatic heterocycles. The van der Waals surface area contributed by atoms with E-state index in [2.05, 4.69) is 30.8 Å². The van der Waals surface area contributed by atoms with Gasteiger partial charge in [-0.25, -0.2) is 0 Å². The number of hydrogen-bond acceptors (Lipinski definition) is 2. The molecule has 1 aromatic carbocycles. The van der Waals surface area contributed by atoms with Crippen molar-refractivity contribution in [1.82, 2.24) is 0 Å². The fourth-order valence-corrected chi connectivity index (χ4v) is 3.31. The van der Waals surface area contributed by atoms with E-state index in [1.165, 1.54) is 12.5 Å². The number of rotatable bonds is 4. The van der Waals surface area contributed by atoms with Gasteiger partial charge in [-0.1, -0.05) is 32.4 Å². The van der Waals surface area contributed by atoms with Crippen LogP contribution >= 0.6 is 11.6 Å². The molecule has 0 bridgehead atoms. The summed E-state index contributed by atoms with van der Waals surface area (Å²) in [7, 11) is 0. The molecule has 2 rings (SSSR count). The summed E-state index contributed by atoms with van der Waals surface area (Å²) >= 11 is 5.95. The maximum absolute atomic E-state index is 12.2. The van der Waals surface area contributed by atoms with Crippen molar-refractivity contribution in [2.75, 3.05) is 5.32 Å². The maximum Gasteiger partial charge on any atom is 0.387 e. The molecule has 0 radical (unpaired) electrons. The topological polar surface area (TPSA) is 21.3 Å². The van der Waals surface area contributed by atoms with Gasteiger partial charge in [0.15, 0.2) is 0 Å². The molecule has 0 saturated heterocycles. The number of nitrogens with one attached hydrogen (secondary N) is 1. The zero-order chi connectivity index (χ0) is 14.9. The molecule has 2 nitrogen and oxygen atoms in total. The van der Waals surface area contributed by atoms with Crippen molar-refractivity contribution in [2.24, 2.45) is 11.3 Å². The summed E-state index contributed by atoms with van der Waals surface area (Å²) in [6.07, 6.45) is 2.26. The second kappa shape index (κ2) is 5.76. The average molecular weight is 304 g/mol. The van der Waals surface area contributed by atoms with E-state index < -0.39 is 6.61 Å². The van der Waals surface area contributed by atoms with Crippen molar-refractivity contribution in [3.63, 3.8) is 0 Å². The first-order chi connectivity index (χ1) is 9.27. The molecule has 0 heterocycles. The third-order valence-electron chi connectivity index (χ3n) is 3.83. The first kappa shape index (κ1) is 15.4. The standard InChI is InChI=1S/C15H20ClF2NO/c1-9-7-15(2,3)8-12(9)19-10-4-5-13(11(16)6-10)20-14(17)18/h4-6,9,12,14,19H,7-8H2,1-3H3. The van der Waals surface area contributed by atoms with Crippen LogP contribution in [0.5, 0.6) is 5.75 Å². The van der Waals surface area contributed by atoms with Gasteiger partial charge in [-0.05, 0) is 42.4 Å². The molecule has 2 atom stereocenters. The molecular formula is C15H20ClF2NO. The highest BCUT2D eigenvalue weighted by atomic mass is 35.5. The van der Waals surface area contributed by atoms with Crippen LogP contribution in [0.3, 0.4) is 0 Å². The van der Waals surface area contributed by atoms with Crippen molar-refractivity contribution >= 4 is 17.3 Å². The number of halogens is 3. The Morgan fingerprint density at radius 2 is 2.05 bits per heavy atom. The zero-order valence-corrected chi connectivity index (χ0v) is 12.7. The van der Waals surface area contributed by atoms with Crippen molar-refractivity contribution < 1.29 is 13.5 Å². The van der Waals surface area contributed by atoms with Crippen LogP contribution in [-0.2, 0) is 0 Å². The third-order valence-corrected chi connectivity index (χ3v) is 4.13. The Morgan fingerprint density at radius 1 is 1.35 bits per heavy atom. The fourth-order valence-electron chi connectivity index (χ4n) is 3.08. The predicted molar refractivity (Wildman–Crippen MR) is 77.7 cm³/mol. The number of hydrogen-bond donors (Lipinski definition) is 1. The van der Waals surface area contributed by atoms with Crippen molar-refractivity contribution in [1.29, 1.82) is 0 Å². The van der Waals surface area contributed by atoms with E-state index in [1.807, 2.05) is 0 Å². The molecule has 1 N–H and O–H groups in total. The first-order valence-corrected chi connectivity index (χ1v) is 7.15. The molecule has 0 spiro atoms. The van der Waals surface area contributed by atoms with E-state index >= 15 is 0 Å². The number of ether oxygens (including phenoxy) is 1. The summed E-state index contributed by atoms with van der Waals surface area (Å²) in [5.41, 5.74) is 1.17. The Morgan fingerprint density at radius 3 is 2.55 bits per heavy atom. The molecule has 1 aliphatic carbocycles. The average Bonchev–Trinajstić information content (AvgIpc) is 2.55. The molecule has 0 aliphatic heterocycles.